The van der Waals surface area contributed by atoms with Crippen LogP contribution in [0.1, 0.15) is 10.4 Å². The van der Waals surface area contributed by atoms with Gasteiger partial charge in [0.15, 0.2) is 0 Å². The Kier molecular flexibility index (Phi) is 6.08. The summed E-state index contributed by atoms with van der Waals surface area (Å²) < 4.78 is 10.5. The van der Waals surface area contributed by atoms with E-state index in [-0.39, 0.29) is 24.4 Å². The smallest absolute Gasteiger partial charge is 0.254 e. The lowest BCUT2D eigenvalue weighted by Crippen LogP contribution is -2.48. The van der Waals surface area contributed by atoms with Crippen molar-refractivity contribution in [3.05, 3.63) is 29.8 Å². The molecule has 0 spiro atoms. The quantitative estimate of drug-likeness (QED) is 0.897. The molecule has 5 nitrogen and oxygen atoms in total. The Morgan fingerprint density at radius 1 is 1.47 bits per heavy atom. The van der Waals surface area contributed by atoms with Crippen molar-refractivity contribution in [2.24, 2.45) is 5.73 Å². The lowest BCUT2D eigenvalue weighted by atomic mass is 10.1. The molecule has 106 valence electrons. The van der Waals surface area contributed by atoms with Crippen molar-refractivity contribution >= 4 is 18.3 Å². The minimum Gasteiger partial charge on any atom is -0.497 e. The Labute approximate surface area is 119 Å². The van der Waals surface area contributed by atoms with Gasteiger partial charge in [0.25, 0.3) is 5.91 Å². The zero-order chi connectivity index (χ0) is 13.0. The van der Waals surface area contributed by atoms with Crippen molar-refractivity contribution in [3.63, 3.8) is 0 Å². The minimum atomic E-state index is -0.0547. The van der Waals surface area contributed by atoms with Crippen LogP contribution in [-0.2, 0) is 4.74 Å². The number of halogens is 1. The molecule has 0 aliphatic carbocycles. The second-order valence-electron chi connectivity index (χ2n) is 4.21. The molecule has 1 saturated heterocycles. The number of morpholine rings is 1. The molecule has 1 amide bonds. The monoisotopic (exact) mass is 286 g/mol. The van der Waals surface area contributed by atoms with E-state index in [1.165, 1.54) is 0 Å². The molecule has 0 bridgehead atoms. The van der Waals surface area contributed by atoms with Gasteiger partial charge in [0.2, 0.25) is 0 Å². The summed E-state index contributed by atoms with van der Waals surface area (Å²) in [6, 6.07) is 7.12. The van der Waals surface area contributed by atoms with Crippen molar-refractivity contribution in [3.8, 4) is 5.75 Å². The molecular formula is C13H19ClN2O3. The van der Waals surface area contributed by atoms with Crippen molar-refractivity contribution in [1.29, 1.82) is 0 Å². The van der Waals surface area contributed by atoms with Crippen LogP contribution in [0.5, 0.6) is 5.75 Å². The van der Waals surface area contributed by atoms with Gasteiger partial charge >= 0.3 is 0 Å². The molecule has 1 aliphatic rings. The van der Waals surface area contributed by atoms with Crippen LogP contribution in [0, 0.1) is 0 Å². The van der Waals surface area contributed by atoms with Gasteiger partial charge in [-0.3, -0.25) is 4.79 Å². The summed E-state index contributed by atoms with van der Waals surface area (Å²) in [6.45, 7) is 2.15. The maximum Gasteiger partial charge on any atom is 0.254 e. The van der Waals surface area contributed by atoms with E-state index in [1.807, 2.05) is 0 Å². The highest BCUT2D eigenvalue weighted by atomic mass is 35.5. The van der Waals surface area contributed by atoms with Crippen LogP contribution in [0.2, 0.25) is 0 Å². The number of carbonyl (C=O) groups excluding carboxylic acids is 1. The Bertz CT molecular complexity index is 411. The first-order valence-corrected chi connectivity index (χ1v) is 5.99. The maximum atomic E-state index is 12.2. The number of benzene rings is 1. The molecule has 0 radical (unpaired) electrons. The van der Waals surface area contributed by atoms with E-state index in [1.54, 1.807) is 36.3 Å². The molecule has 0 saturated carbocycles. The Balaban J connectivity index is 0.00000180. The summed E-state index contributed by atoms with van der Waals surface area (Å²) in [7, 11) is 1.60. The van der Waals surface area contributed by atoms with Gasteiger partial charge < -0.3 is 20.1 Å². The number of hydrogen-bond acceptors (Lipinski definition) is 4. The number of methoxy groups -OCH3 is 1. The number of rotatable bonds is 3. The average molecular weight is 287 g/mol. The average Bonchev–Trinajstić information content (AvgIpc) is 2.46. The second kappa shape index (κ2) is 7.33. The van der Waals surface area contributed by atoms with Gasteiger partial charge in [-0.2, -0.15) is 0 Å². The van der Waals surface area contributed by atoms with E-state index >= 15 is 0 Å². The van der Waals surface area contributed by atoms with E-state index in [0.29, 0.717) is 31.8 Å². The topological polar surface area (TPSA) is 64.8 Å². The number of ether oxygens (including phenoxy) is 2. The number of carbonyl (C=O) groups is 1. The van der Waals surface area contributed by atoms with Crippen LogP contribution in [0.25, 0.3) is 0 Å². The first-order chi connectivity index (χ1) is 8.74. The van der Waals surface area contributed by atoms with Crippen molar-refractivity contribution in [2.75, 3.05) is 33.4 Å². The zero-order valence-electron chi connectivity index (χ0n) is 10.9. The fraction of sp³-hybridized carbons (Fsp3) is 0.462. The molecule has 1 atom stereocenters. The van der Waals surface area contributed by atoms with Crippen LogP contribution >= 0.6 is 12.4 Å². The number of hydrogen-bond donors (Lipinski definition) is 1. The summed E-state index contributed by atoms with van der Waals surface area (Å²) in [5, 5.41) is 0. The predicted molar refractivity (Wildman–Crippen MR) is 74.9 cm³/mol. The third kappa shape index (κ3) is 3.83. The van der Waals surface area contributed by atoms with Gasteiger partial charge in [-0.15, -0.1) is 12.4 Å². The Morgan fingerprint density at radius 3 is 2.74 bits per heavy atom. The molecular weight excluding hydrogens is 268 g/mol. The van der Waals surface area contributed by atoms with Gasteiger partial charge in [-0.25, -0.2) is 0 Å². The van der Waals surface area contributed by atoms with Crippen LogP contribution in [-0.4, -0.2) is 50.3 Å². The van der Waals surface area contributed by atoms with Gasteiger partial charge in [0.05, 0.1) is 19.8 Å². The number of nitrogens with zero attached hydrogens (tertiary/aromatic N) is 1. The largest absolute Gasteiger partial charge is 0.497 e. The highest BCUT2D eigenvalue weighted by Crippen LogP contribution is 2.14. The molecule has 1 aromatic rings. The van der Waals surface area contributed by atoms with E-state index in [9.17, 15) is 4.79 Å². The molecule has 0 aromatic heterocycles. The molecule has 1 heterocycles. The van der Waals surface area contributed by atoms with E-state index in [4.69, 9.17) is 15.2 Å². The Morgan fingerprint density at radius 2 is 2.16 bits per heavy atom. The molecule has 1 aromatic carbocycles. The summed E-state index contributed by atoms with van der Waals surface area (Å²) in [4.78, 5) is 14.0. The van der Waals surface area contributed by atoms with Crippen LogP contribution in [0.15, 0.2) is 24.3 Å². The van der Waals surface area contributed by atoms with E-state index < -0.39 is 0 Å². The minimum absolute atomic E-state index is 0. The lowest BCUT2D eigenvalue weighted by Gasteiger charge is -2.32. The molecule has 1 unspecified atom stereocenters. The van der Waals surface area contributed by atoms with Crippen molar-refractivity contribution < 1.29 is 14.3 Å². The first kappa shape index (κ1) is 15.8. The fourth-order valence-corrected chi connectivity index (χ4v) is 1.96. The van der Waals surface area contributed by atoms with Crippen LogP contribution in [0.4, 0.5) is 0 Å². The van der Waals surface area contributed by atoms with Crippen molar-refractivity contribution in [2.45, 2.75) is 6.10 Å². The third-order valence-corrected chi connectivity index (χ3v) is 3.03. The summed E-state index contributed by atoms with van der Waals surface area (Å²) in [5.74, 6) is 0.757. The summed E-state index contributed by atoms with van der Waals surface area (Å²) in [5.41, 5.74) is 6.22. The van der Waals surface area contributed by atoms with E-state index in [0.717, 1.165) is 5.75 Å². The molecule has 19 heavy (non-hydrogen) atoms. The SMILES string of the molecule is COc1ccc(C(=O)N2CCOC(CN)C2)cc1.Cl. The zero-order valence-corrected chi connectivity index (χ0v) is 11.7. The number of amides is 1. The normalized spacial score (nSPS) is 18.6. The third-order valence-electron chi connectivity index (χ3n) is 3.03. The molecule has 6 heteroatoms. The summed E-state index contributed by atoms with van der Waals surface area (Å²) >= 11 is 0. The van der Waals surface area contributed by atoms with Crippen LogP contribution < -0.4 is 10.5 Å². The van der Waals surface area contributed by atoms with E-state index in [2.05, 4.69) is 0 Å². The van der Waals surface area contributed by atoms with Gasteiger partial charge in [0, 0.05) is 25.2 Å². The highest BCUT2D eigenvalue weighted by Gasteiger charge is 2.23. The van der Waals surface area contributed by atoms with Gasteiger partial charge in [-0.05, 0) is 24.3 Å². The molecule has 1 aliphatic heterocycles. The number of nitrogens with two attached hydrogens (primary N) is 1. The molecule has 1 fully saturated rings. The van der Waals surface area contributed by atoms with Gasteiger partial charge in [-0.1, -0.05) is 0 Å². The highest BCUT2D eigenvalue weighted by molar-refractivity contribution is 5.94. The van der Waals surface area contributed by atoms with Crippen molar-refractivity contribution in [1.82, 2.24) is 4.90 Å². The van der Waals surface area contributed by atoms with Gasteiger partial charge in [0.1, 0.15) is 5.75 Å². The maximum absolute atomic E-state index is 12.2. The summed E-state index contributed by atoms with van der Waals surface area (Å²) in [6.07, 6.45) is -0.0547. The molecule has 2 rings (SSSR count). The standard InChI is InChI=1S/C13H18N2O3.ClH/c1-17-11-4-2-10(3-5-11)13(16)15-6-7-18-12(8-14)9-15;/h2-5,12H,6-9,14H2,1H3;1H. The van der Waals surface area contributed by atoms with Crippen LogP contribution in [0.3, 0.4) is 0 Å². The second-order valence-corrected chi connectivity index (χ2v) is 4.21. The lowest BCUT2D eigenvalue weighted by molar-refractivity contribution is -0.0167. The predicted octanol–water partition coefficient (Wildman–Crippen LogP) is 0.917. The Hall–Kier alpha value is -1.30. The fourth-order valence-electron chi connectivity index (χ4n) is 1.96. The first-order valence-electron chi connectivity index (χ1n) is 5.99. The molecule has 2 N–H and O–H groups in total.